The number of halogens is 2. The van der Waals surface area contributed by atoms with Gasteiger partial charge in [0.15, 0.2) is 5.82 Å². The molecule has 0 unspecified atom stereocenters. The number of nitrogens with zero attached hydrogens (tertiary/aromatic N) is 2. The number of rotatable bonds is 4. The highest BCUT2D eigenvalue weighted by atomic mass is 19.1. The van der Waals surface area contributed by atoms with Crippen LogP contribution in [-0.2, 0) is 12.8 Å². The van der Waals surface area contributed by atoms with Crippen molar-refractivity contribution < 1.29 is 8.78 Å². The van der Waals surface area contributed by atoms with E-state index in [0.717, 1.165) is 24.0 Å². The Morgan fingerprint density at radius 1 is 0.852 bits per heavy atom. The van der Waals surface area contributed by atoms with Gasteiger partial charge in [-0.2, -0.15) is 0 Å². The maximum atomic E-state index is 14.0. The van der Waals surface area contributed by atoms with Gasteiger partial charge >= 0.3 is 0 Å². The predicted octanol–water partition coefficient (Wildman–Crippen LogP) is 5.34. The average molecular weight is 362 g/mol. The van der Waals surface area contributed by atoms with Gasteiger partial charge in [-0.1, -0.05) is 32.1 Å². The minimum Gasteiger partial charge on any atom is -0.236 e. The van der Waals surface area contributed by atoms with Crippen molar-refractivity contribution in [3.63, 3.8) is 0 Å². The summed E-state index contributed by atoms with van der Waals surface area (Å²) in [5.74, 6) is 4.80. The molecular formula is C23H20F2N2. The maximum Gasteiger partial charge on any atom is 0.159 e. The number of hydrogen-bond donors (Lipinski definition) is 0. The van der Waals surface area contributed by atoms with Crippen LogP contribution in [0, 0.1) is 23.5 Å². The molecule has 0 atom stereocenters. The molecule has 0 N–H and O–H groups in total. The third kappa shape index (κ3) is 4.57. The van der Waals surface area contributed by atoms with E-state index < -0.39 is 11.6 Å². The molecule has 136 valence electrons. The van der Waals surface area contributed by atoms with Crippen LogP contribution in [0.2, 0.25) is 0 Å². The molecule has 27 heavy (non-hydrogen) atoms. The van der Waals surface area contributed by atoms with Crippen molar-refractivity contribution in [2.24, 2.45) is 0 Å². The van der Waals surface area contributed by atoms with E-state index in [2.05, 4.69) is 28.7 Å². The molecule has 0 aliphatic rings. The first kappa shape index (κ1) is 18.7. The first-order valence-corrected chi connectivity index (χ1v) is 9.02. The van der Waals surface area contributed by atoms with Gasteiger partial charge in [0.25, 0.3) is 0 Å². The second-order valence-electron chi connectivity index (χ2n) is 6.28. The number of benzene rings is 2. The Kier molecular flexibility index (Phi) is 5.93. The van der Waals surface area contributed by atoms with Crippen LogP contribution in [-0.4, -0.2) is 9.97 Å². The van der Waals surface area contributed by atoms with E-state index in [0.29, 0.717) is 23.4 Å². The van der Waals surface area contributed by atoms with Crippen LogP contribution in [0.3, 0.4) is 0 Å². The fourth-order valence-electron chi connectivity index (χ4n) is 2.71. The third-order valence-corrected chi connectivity index (χ3v) is 4.23. The molecule has 0 amide bonds. The lowest BCUT2D eigenvalue weighted by Gasteiger charge is -2.02. The molecule has 0 radical (unpaired) electrons. The number of hydrogen-bond acceptors (Lipinski definition) is 2. The summed E-state index contributed by atoms with van der Waals surface area (Å²) in [5, 5.41) is 0. The summed E-state index contributed by atoms with van der Waals surface area (Å²) >= 11 is 0. The Morgan fingerprint density at radius 3 is 2.04 bits per heavy atom. The highest BCUT2D eigenvalue weighted by Gasteiger charge is 2.08. The maximum absolute atomic E-state index is 14.0. The molecule has 0 saturated heterocycles. The van der Waals surface area contributed by atoms with Crippen LogP contribution in [0.25, 0.3) is 11.4 Å². The standard InChI is InChI=1S/C23H20F2N2/c1-3-5-18-14-26-23(27-15-18)19-9-6-17(7-10-19)8-11-20-21(24)12-16(4-2)13-22(20)25/h6-7,9-10,12-15H,3-5H2,1-2H3. The Balaban J connectivity index is 1.80. The SMILES string of the molecule is CCCc1cnc(-c2ccc(C#Cc3c(F)cc(CC)cc3F)cc2)nc1. The molecular weight excluding hydrogens is 342 g/mol. The summed E-state index contributed by atoms with van der Waals surface area (Å²) in [5.41, 5.74) is 3.06. The lowest BCUT2D eigenvalue weighted by atomic mass is 10.1. The van der Waals surface area contributed by atoms with Crippen molar-refractivity contribution in [2.45, 2.75) is 33.1 Å². The highest BCUT2D eigenvalue weighted by Crippen LogP contribution is 2.17. The first-order valence-electron chi connectivity index (χ1n) is 9.02. The van der Waals surface area contributed by atoms with Crippen molar-refractivity contribution in [2.75, 3.05) is 0 Å². The van der Waals surface area contributed by atoms with Gasteiger partial charge in [0, 0.05) is 23.5 Å². The fourth-order valence-corrected chi connectivity index (χ4v) is 2.71. The van der Waals surface area contributed by atoms with Gasteiger partial charge < -0.3 is 0 Å². The van der Waals surface area contributed by atoms with Gasteiger partial charge in [-0.3, -0.25) is 0 Å². The summed E-state index contributed by atoms with van der Waals surface area (Å²) in [7, 11) is 0. The molecule has 3 rings (SSSR count). The topological polar surface area (TPSA) is 25.8 Å². The average Bonchev–Trinajstić information content (AvgIpc) is 2.68. The van der Waals surface area contributed by atoms with Crippen LogP contribution < -0.4 is 0 Å². The second-order valence-corrected chi connectivity index (χ2v) is 6.28. The zero-order valence-electron chi connectivity index (χ0n) is 15.4. The highest BCUT2D eigenvalue weighted by molar-refractivity contribution is 5.57. The van der Waals surface area contributed by atoms with Crippen molar-refractivity contribution in [3.05, 3.63) is 82.7 Å². The van der Waals surface area contributed by atoms with Crippen molar-refractivity contribution >= 4 is 0 Å². The predicted molar refractivity (Wildman–Crippen MR) is 103 cm³/mol. The fraction of sp³-hybridized carbons (Fsp3) is 0.217. The lowest BCUT2D eigenvalue weighted by Crippen LogP contribution is -1.94. The molecule has 2 aromatic carbocycles. The zero-order chi connectivity index (χ0) is 19.2. The molecule has 1 aromatic heterocycles. The van der Waals surface area contributed by atoms with Crippen LogP contribution >= 0.6 is 0 Å². The van der Waals surface area contributed by atoms with Gasteiger partial charge in [-0.05, 0) is 60.4 Å². The van der Waals surface area contributed by atoms with Crippen LogP contribution in [0.1, 0.15) is 42.5 Å². The number of aryl methyl sites for hydroxylation is 2. The number of aromatic nitrogens is 2. The van der Waals surface area contributed by atoms with E-state index in [1.165, 1.54) is 12.1 Å². The molecule has 1 heterocycles. The molecule has 3 aromatic rings. The summed E-state index contributed by atoms with van der Waals surface area (Å²) < 4.78 is 28.0. The molecule has 0 aliphatic carbocycles. The Labute approximate surface area is 158 Å². The minimum absolute atomic E-state index is 0.203. The molecule has 4 heteroatoms. The van der Waals surface area contributed by atoms with E-state index in [-0.39, 0.29) is 5.56 Å². The van der Waals surface area contributed by atoms with Crippen molar-refractivity contribution in [1.29, 1.82) is 0 Å². The molecule has 2 nitrogen and oxygen atoms in total. The Bertz CT molecular complexity index is 959. The Morgan fingerprint density at radius 2 is 1.48 bits per heavy atom. The molecule has 0 fully saturated rings. The van der Waals surface area contributed by atoms with Crippen molar-refractivity contribution in [1.82, 2.24) is 9.97 Å². The van der Waals surface area contributed by atoms with E-state index in [1.807, 2.05) is 31.5 Å². The van der Waals surface area contributed by atoms with Gasteiger partial charge in [0.1, 0.15) is 11.6 Å². The molecule has 0 saturated carbocycles. The van der Waals surface area contributed by atoms with Crippen LogP contribution in [0.15, 0.2) is 48.8 Å². The van der Waals surface area contributed by atoms with Gasteiger partial charge in [0.05, 0.1) is 5.56 Å². The van der Waals surface area contributed by atoms with Crippen molar-refractivity contribution in [3.8, 4) is 23.2 Å². The van der Waals surface area contributed by atoms with Gasteiger partial charge in [0.2, 0.25) is 0 Å². The van der Waals surface area contributed by atoms with Gasteiger partial charge in [-0.15, -0.1) is 0 Å². The van der Waals surface area contributed by atoms with E-state index in [4.69, 9.17) is 0 Å². The second kappa shape index (κ2) is 8.55. The van der Waals surface area contributed by atoms with E-state index >= 15 is 0 Å². The lowest BCUT2D eigenvalue weighted by molar-refractivity contribution is 0.574. The summed E-state index contributed by atoms with van der Waals surface area (Å²) in [4.78, 5) is 8.77. The third-order valence-electron chi connectivity index (χ3n) is 4.23. The Hall–Kier alpha value is -3.06. The molecule has 0 bridgehead atoms. The summed E-state index contributed by atoms with van der Waals surface area (Å²) in [6.07, 6.45) is 6.26. The minimum atomic E-state index is -0.628. The largest absolute Gasteiger partial charge is 0.236 e. The van der Waals surface area contributed by atoms with Crippen LogP contribution in [0.5, 0.6) is 0 Å². The first-order chi connectivity index (χ1) is 13.1. The summed E-state index contributed by atoms with van der Waals surface area (Å²) in [6.45, 7) is 3.96. The van der Waals surface area contributed by atoms with Crippen LogP contribution in [0.4, 0.5) is 8.78 Å². The van der Waals surface area contributed by atoms with E-state index in [9.17, 15) is 8.78 Å². The monoisotopic (exact) mass is 362 g/mol. The normalized spacial score (nSPS) is 10.4. The summed E-state index contributed by atoms with van der Waals surface area (Å²) in [6, 6.07) is 9.95. The smallest absolute Gasteiger partial charge is 0.159 e. The quantitative estimate of drug-likeness (QED) is 0.586. The zero-order valence-corrected chi connectivity index (χ0v) is 15.4. The molecule has 0 aliphatic heterocycles. The molecule has 0 spiro atoms. The van der Waals surface area contributed by atoms with Gasteiger partial charge in [-0.25, -0.2) is 18.7 Å². The van der Waals surface area contributed by atoms with E-state index in [1.54, 1.807) is 12.1 Å².